The summed E-state index contributed by atoms with van der Waals surface area (Å²) >= 11 is 0. The molecule has 0 aromatic carbocycles. The summed E-state index contributed by atoms with van der Waals surface area (Å²) in [5.41, 5.74) is 0.0831. The Morgan fingerprint density at radius 3 is 2.43 bits per heavy atom. The van der Waals surface area contributed by atoms with E-state index in [-0.39, 0.29) is 18.4 Å². The van der Waals surface area contributed by atoms with Crippen LogP contribution in [0.4, 0.5) is 0 Å². The molecule has 2 unspecified atom stereocenters. The highest BCUT2D eigenvalue weighted by atomic mass is 16.5. The van der Waals surface area contributed by atoms with E-state index in [0.717, 1.165) is 18.4 Å². The second-order valence-corrected chi connectivity index (χ2v) is 7.81. The van der Waals surface area contributed by atoms with E-state index in [4.69, 9.17) is 4.74 Å². The summed E-state index contributed by atoms with van der Waals surface area (Å²) in [6, 6.07) is 0. The van der Waals surface area contributed by atoms with Crippen LogP contribution in [0.1, 0.15) is 60.3 Å². The molecule has 0 aromatic heterocycles. The number of allylic oxidation sites excluding steroid dienone is 1. The highest BCUT2D eigenvalue weighted by Crippen LogP contribution is 2.46. The van der Waals surface area contributed by atoms with Gasteiger partial charge in [-0.1, -0.05) is 52.7 Å². The van der Waals surface area contributed by atoms with Crippen molar-refractivity contribution in [2.24, 2.45) is 16.7 Å². The molecule has 0 bridgehead atoms. The van der Waals surface area contributed by atoms with Crippen LogP contribution in [0.15, 0.2) is 11.6 Å². The molecule has 2 atom stereocenters. The van der Waals surface area contributed by atoms with E-state index >= 15 is 0 Å². The molecule has 0 saturated heterocycles. The van der Waals surface area contributed by atoms with E-state index in [1.807, 2.05) is 40.7 Å². The van der Waals surface area contributed by atoms with Crippen molar-refractivity contribution in [1.82, 2.24) is 0 Å². The Bertz CT molecular complexity index is 476. The average molecular weight is 326 g/mol. The molecule has 2 N–H and O–H groups in total. The summed E-state index contributed by atoms with van der Waals surface area (Å²) in [5.74, 6) is -3.01. The molecule has 0 fully saturated rings. The summed E-state index contributed by atoms with van der Waals surface area (Å²) in [4.78, 5) is 23.5. The van der Waals surface area contributed by atoms with Crippen molar-refractivity contribution in [3.63, 3.8) is 0 Å². The molecule has 0 heterocycles. The van der Waals surface area contributed by atoms with Gasteiger partial charge in [0.1, 0.15) is 0 Å². The van der Waals surface area contributed by atoms with Gasteiger partial charge in [0, 0.05) is 5.41 Å². The van der Waals surface area contributed by atoms with Crippen molar-refractivity contribution in [1.29, 1.82) is 0 Å². The van der Waals surface area contributed by atoms with Gasteiger partial charge in [0.05, 0.1) is 12.7 Å². The largest absolute Gasteiger partial charge is 0.481 e. The smallest absolute Gasteiger partial charge is 0.320 e. The normalized spacial score (nSPS) is 23.7. The van der Waals surface area contributed by atoms with Gasteiger partial charge >= 0.3 is 11.9 Å². The number of carboxylic acid groups (broad SMARTS) is 1. The van der Waals surface area contributed by atoms with Crippen LogP contribution in [0, 0.1) is 16.7 Å². The van der Waals surface area contributed by atoms with Gasteiger partial charge in [-0.05, 0) is 24.7 Å². The van der Waals surface area contributed by atoms with E-state index in [1.165, 1.54) is 0 Å². The first-order valence-corrected chi connectivity index (χ1v) is 8.29. The second kappa shape index (κ2) is 7.47. The van der Waals surface area contributed by atoms with Gasteiger partial charge in [0.2, 0.25) is 0 Å². The number of hydrogen-bond donors (Lipinski definition) is 2. The predicted molar refractivity (Wildman–Crippen MR) is 87.9 cm³/mol. The third-order valence-corrected chi connectivity index (χ3v) is 4.49. The average Bonchev–Trinajstić information content (AvgIpc) is 2.41. The molecule has 0 saturated carbocycles. The molecular weight excluding hydrogens is 296 g/mol. The Hall–Kier alpha value is -1.36. The molecule has 132 valence electrons. The lowest BCUT2D eigenvalue weighted by molar-refractivity contribution is -0.158. The van der Waals surface area contributed by atoms with Crippen LogP contribution in [0.2, 0.25) is 0 Å². The number of esters is 1. The van der Waals surface area contributed by atoms with Crippen LogP contribution in [-0.4, -0.2) is 34.9 Å². The Labute approximate surface area is 138 Å². The Balaban J connectivity index is 2.88. The number of aliphatic hydroxyl groups excluding tert-OH is 1. The SMILES string of the molecule is CCCCOC(=O)C(CC1=CC(C)(C)C(O)C(C)(C)C1)C(=O)O. The zero-order chi connectivity index (χ0) is 17.8. The van der Waals surface area contributed by atoms with Crippen LogP contribution in [0.5, 0.6) is 0 Å². The Kier molecular flexibility index (Phi) is 6.40. The fourth-order valence-corrected chi connectivity index (χ4v) is 3.43. The van der Waals surface area contributed by atoms with Crippen LogP contribution < -0.4 is 0 Å². The van der Waals surface area contributed by atoms with Crippen molar-refractivity contribution in [2.75, 3.05) is 6.61 Å². The van der Waals surface area contributed by atoms with Crippen LogP contribution in [-0.2, 0) is 14.3 Å². The number of ether oxygens (including phenoxy) is 1. The summed E-state index contributed by atoms with van der Waals surface area (Å²) < 4.78 is 5.08. The fraction of sp³-hybridized carbons (Fsp3) is 0.778. The van der Waals surface area contributed by atoms with Gasteiger partial charge in [-0.15, -0.1) is 0 Å². The molecule has 0 aromatic rings. The summed E-state index contributed by atoms with van der Waals surface area (Å²) in [6.45, 7) is 10.0. The van der Waals surface area contributed by atoms with E-state index in [1.54, 1.807) is 0 Å². The van der Waals surface area contributed by atoms with Gasteiger partial charge in [-0.3, -0.25) is 9.59 Å². The molecular formula is C18H30O5. The lowest BCUT2D eigenvalue weighted by Gasteiger charge is -2.45. The maximum absolute atomic E-state index is 12.0. The van der Waals surface area contributed by atoms with Gasteiger partial charge in [0.15, 0.2) is 5.92 Å². The zero-order valence-corrected chi connectivity index (χ0v) is 14.9. The highest BCUT2D eigenvalue weighted by Gasteiger charge is 2.43. The number of carbonyl (C=O) groups excluding carboxylic acids is 1. The van der Waals surface area contributed by atoms with Gasteiger partial charge in [-0.2, -0.15) is 0 Å². The molecule has 1 rings (SSSR count). The third kappa shape index (κ3) is 5.06. The molecule has 1 aliphatic carbocycles. The summed E-state index contributed by atoms with van der Waals surface area (Å²) in [5, 5.41) is 19.8. The van der Waals surface area contributed by atoms with Crippen LogP contribution in [0.25, 0.3) is 0 Å². The predicted octanol–water partition coefficient (Wildman–Crippen LogP) is 3.16. The maximum Gasteiger partial charge on any atom is 0.320 e. The van der Waals surface area contributed by atoms with Gasteiger partial charge in [0.25, 0.3) is 0 Å². The number of aliphatic hydroxyl groups is 1. The number of carboxylic acids is 1. The van der Waals surface area contributed by atoms with Crippen molar-refractivity contribution < 1.29 is 24.5 Å². The first kappa shape index (κ1) is 19.7. The fourth-order valence-electron chi connectivity index (χ4n) is 3.43. The first-order valence-electron chi connectivity index (χ1n) is 8.29. The van der Waals surface area contributed by atoms with Crippen molar-refractivity contribution in [3.8, 4) is 0 Å². The lowest BCUT2D eigenvalue weighted by Crippen LogP contribution is -2.44. The summed E-state index contributed by atoms with van der Waals surface area (Å²) in [6.07, 6.45) is 3.73. The zero-order valence-electron chi connectivity index (χ0n) is 14.9. The molecule has 1 aliphatic rings. The van der Waals surface area contributed by atoms with Crippen molar-refractivity contribution in [2.45, 2.75) is 66.4 Å². The van der Waals surface area contributed by atoms with E-state index in [2.05, 4.69) is 0 Å². The maximum atomic E-state index is 12.0. The molecule has 0 aliphatic heterocycles. The first-order chi connectivity index (χ1) is 10.5. The van der Waals surface area contributed by atoms with Crippen molar-refractivity contribution >= 4 is 11.9 Å². The molecule has 0 radical (unpaired) electrons. The van der Waals surface area contributed by atoms with E-state index in [9.17, 15) is 19.8 Å². The number of unbranched alkanes of at least 4 members (excludes halogenated alkanes) is 1. The lowest BCUT2D eigenvalue weighted by atomic mass is 9.63. The van der Waals surface area contributed by atoms with Gasteiger partial charge < -0.3 is 14.9 Å². The molecule has 0 amide bonds. The topological polar surface area (TPSA) is 83.8 Å². The number of aliphatic carboxylic acids is 1. The Morgan fingerprint density at radius 2 is 1.96 bits per heavy atom. The monoisotopic (exact) mass is 326 g/mol. The third-order valence-electron chi connectivity index (χ3n) is 4.49. The van der Waals surface area contributed by atoms with Gasteiger partial charge in [-0.25, -0.2) is 0 Å². The van der Waals surface area contributed by atoms with E-state index < -0.39 is 29.4 Å². The highest BCUT2D eigenvalue weighted by molar-refractivity contribution is 5.94. The minimum Gasteiger partial charge on any atom is -0.481 e. The number of hydrogen-bond acceptors (Lipinski definition) is 4. The van der Waals surface area contributed by atoms with Crippen molar-refractivity contribution in [3.05, 3.63) is 11.6 Å². The van der Waals surface area contributed by atoms with Crippen LogP contribution in [0.3, 0.4) is 0 Å². The molecule has 5 nitrogen and oxygen atoms in total. The molecule has 23 heavy (non-hydrogen) atoms. The quantitative estimate of drug-likeness (QED) is 0.325. The second-order valence-electron chi connectivity index (χ2n) is 7.81. The standard InChI is InChI=1S/C18H30O5/c1-6-7-8-23-15(21)13(14(19)20)9-12-10-17(2,3)16(22)18(4,5)11-12/h10,13,16,22H,6-9,11H2,1-5H3,(H,19,20). The summed E-state index contributed by atoms with van der Waals surface area (Å²) in [7, 11) is 0. The van der Waals surface area contributed by atoms with E-state index in [0.29, 0.717) is 6.42 Å². The molecule has 5 heteroatoms. The van der Waals surface area contributed by atoms with Crippen LogP contribution >= 0.6 is 0 Å². The molecule has 0 spiro atoms. The Morgan fingerprint density at radius 1 is 1.35 bits per heavy atom. The number of carbonyl (C=O) groups is 2. The minimum atomic E-state index is -1.18. The minimum absolute atomic E-state index is 0.139. The number of rotatable bonds is 7.